The Hall–Kier alpha value is -1.75. The zero-order valence-electron chi connectivity index (χ0n) is 8.38. The van der Waals surface area contributed by atoms with Crippen molar-refractivity contribution in [2.24, 2.45) is 5.73 Å². The third-order valence-electron chi connectivity index (χ3n) is 2.16. The molecule has 0 fully saturated rings. The average molecular weight is 243 g/mol. The van der Waals surface area contributed by atoms with E-state index in [2.05, 4.69) is 0 Å². The van der Waals surface area contributed by atoms with Crippen LogP contribution < -0.4 is 11.5 Å². The molecule has 0 aliphatic carbocycles. The van der Waals surface area contributed by atoms with Crippen molar-refractivity contribution in [2.75, 3.05) is 0 Å². The van der Waals surface area contributed by atoms with Crippen LogP contribution in [0.25, 0.3) is 11.1 Å². The fraction of sp³-hybridized carbons (Fsp3) is 0.200. The molecule has 0 radical (unpaired) electrons. The molecule has 6 heteroatoms. The zero-order valence-corrected chi connectivity index (χ0v) is 9.20. The maximum Gasteiger partial charge on any atom is 0.419 e. The summed E-state index contributed by atoms with van der Waals surface area (Å²) in [7, 11) is 0. The van der Waals surface area contributed by atoms with Crippen LogP contribution in [0.5, 0.6) is 0 Å². The maximum atomic E-state index is 11.4. The number of para-hydroxylation sites is 2. The summed E-state index contributed by atoms with van der Waals surface area (Å²) in [6.45, 7) is 0.255. The van der Waals surface area contributed by atoms with E-state index in [1.807, 2.05) is 0 Å². The molecule has 0 aliphatic rings. The predicted octanol–water partition coefficient (Wildman–Crippen LogP) is 0.892. The van der Waals surface area contributed by atoms with Crippen LogP contribution in [0.4, 0.5) is 0 Å². The van der Waals surface area contributed by atoms with E-state index in [4.69, 9.17) is 10.2 Å². The first-order valence-electron chi connectivity index (χ1n) is 4.55. The Bertz CT molecular complexity index is 558. The van der Waals surface area contributed by atoms with Crippen LogP contribution in [-0.2, 0) is 11.3 Å². The number of nitrogens with zero attached hydrogens (tertiary/aromatic N) is 1. The molecule has 0 saturated heterocycles. The molecule has 0 bridgehead atoms. The summed E-state index contributed by atoms with van der Waals surface area (Å²) in [6.07, 6.45) is 0.128. The highest BCUT2D eigenvalue weighted by molar-refractivity contribution is 5.85. The van der Waals surface area contributed by atoms with Gasteiger partial charge in [0.15, 0.2) is 5.58 Å². The molecule has 2 rings (SSSR count). The summed E-state index contributed by atoms with van der Waals surface area (Å²) in [6, 6.07) is 7.06. The van der Waals surface area contributed by atoms with Crippen LogP contribution in [0, 0.1) is 0 Å². The summed E-state index contributed by atoms with van der Waals surface area (Å²) in [4.78, 5) is 22.0. The van der Waals surface area contributed by atoms with Gasteiger partial charge in [0, 0.05) is 13.0 Å². The molecule has 86 valence electrons. The third-order valence-corrected chi connectivity index (χ3v) is 2.16. The average Bonchev–Trinajstić information content (AvgIpc) is 2.50. The second kappa shape index (κ2) is 4.85. The first-order valence-corrected chi connectivity index (χ1v) is 4.55. The van der Waals surface area contributed by atoms with E-state index in [0.29, 0.717) is 11.1 Å². The van der Waals surface area contributed by atoms with Crippen molar-refractivity contribution in [1.29, 1.82) is 0 Å². The number of amides is 1. The van der Waals surface area contributed by atoms with Crippen molar-refractivity contribution in [3.63, 3.8) is 0 Å². The molecule has 2 aromatic rings. The first kappa shape index (κ1) is 12.3. The zero-order chi connectivity index (χ0) is 10.8. The quantitative estimate of drug-likeness (QED) is 0.868. The van der Waals surface area contributed by atoms with Gasteiger partial charge in [0.1, 0.15) is 0 Å². The number of aryl methyl sites for hydroxylation is 1. The van der Waals surface area contributed by atoms with E-state index >= 15 is 0 Å². The molecule has 0 unspecified atom stereocenters. The molecule has 16 heavy (non-hydrogen) atoms. The smallest absolute Gasteiger partial charge is 0.408 e. The monoisotopic (exact) mass is 242 g/mol. The molecular formula is C10H11ClN2O3. The second-order valence-corrected chi connectivity index (χ2v) is 3.20. The van der Waals surface area contributed by atoms with Gasteiger partial charge in [0.25, 0.3) is 0 Å². The first-order chi connectivity index (χ1) is 7.18. The molecule has 2 N–H and O–H groups in total. The summed E-state index contributed by atoms with van der Waals surface area (Å²) in [5, 5.41) is 0. The Morgan fingerprint density at radius 3 is 2.75 bits per heavy atom. The Kier molecular flexibility index (Phi) is 3.73. The predicted molar refractivity (Wildman–Crippen MR) is 61.5 cm³/mol. The van der Waals surface area contributed by atoms with Gasteiger partial charge in [-0.1, -0.05) is 12.1 Å². The number of fused-ring (bicyclic) bond motifs is 1. The Morgan fingerprint density at radius 1 is 1.38 bits per heavy atom. The van der Waals surface area contributed by atoms with Gasteiger partial charge in [-0.15, -0.1) is 12.4 Å². The minimum absolute atomic E-state index is 0. The van der Waals surface area contributed by atoms with Crippen LogP contribution in [0.3, 0.4) is 0 Å². The number of primary amides is 1. The molecule has 0 aliphatic heterocycles. The standard InChI is InChI=1S/C10H10N2O3.ClH/c11-9(13)5-6-12-7-3-1-2-4-8(7)15-10(12)14;/h1-4H,5-6H2,(H2,11,13);1H. The normalized spacial score (nSPS) is 10.0. The van der Waals surface area contributed by atoms with Crippen molar-refractivity contribution in [3.8, 4) is 0 Å². The number of carbonyl (C=O) groups excluding carboxylic acids is 1. The van der Waals surface area contributed by atoms with E-state index in [1.165, 1.54) is 4.57 Å². The second-order valence-electron chi connectivity index (χ2n) is 3.20. The number of hydrogen-bond acceptors (Lipinski definition) is 3. The number of carbonyl (C=O) groups is 1. The number of benzene rings is 1. The van der Waals surface area contributed by atoms with Crippen LogP contribution >= 0.6 is 12.4 Å². The number of halogens is 1. The fourth-order valence-electron chi connectivity index (χ4n) is 1.45. The van der Waals surface area contributed by atoms with Crippen molar-refractivity contribution < 1.29 is 9.21 Å². The van der Waals surface area contributed by atoms with Crippen LogP contribution in [0.15, 0.2) is 33.5 Å². The SMILES string of the molecule is Cl.NC(=O)CCn1c(=O)oc2ccccc21. The number of nitrogens with two attached hydrogens (primary N) is 1. The van der Waals surface area contributed by atoms with Gasteiger partial charge in [-0.2, -0.15) is 0 Å². The van der Waals surface area contributed by atoms with Crippen LogP contribution in [0.1, 0.15) is 6.42 Å². The molecule has 1 aromatic carbocycles. The topological polar surface area (TPSA) is 78.2 Å². The highest BCUT2D eigenvalue weighted by Gasteiger charge is 2.08. The number of rotatable bonds is 3. The fourth-order valence-corrected chi connectivity index (χ4v) is 1.45. The molecule has 0 atom stereocenters. The lowest BCUT2D eigenvalue weighted by atomic mass is 10.3. The van der Waals surface area contributed by atoms with Gasteiger partial charge in [-0.05, 0) is 12.1 Å². The summed E-state index contributed by atoms with van der Waals surface area (Å²) in [5.74, 6) is -0.898. The minimum atomic E-state index is -0.461. The summed E-state index contributed by atoms with van der Waals surface area (Å²) in [5.41, 5.74) is 6.22. The van der Waals surface area contributed by atoms with Crippen molar-refractivity contribution in [1.82, 2.24) is 4.57 Å². The van der Waals surface area contributed by atoms with Gasteiger partial charge in [-0.25, -0.2) is 4.79 Å². The molecular weight excluding hydrogens is 232 g/mol. The van der Waals surface area contributed by atoms with Crippen LogP contribution in [0.2, 0.25) is 0 Å². The lowest BCUT2D eigenvalue weighted by Crippen LogP contribution is -2.19. The number of aromatic nitrogens is 1. The highest BCUT2D eigenvalue weighted by Crippen LogP contribution is 2.11. The Labute approximate surface area is 97.2 Å². The van der Waals surface area contributed by atoms with Crippen molar-refractivity contribution in [2.45, 2.75) is 13.0 Å². The van der Waals surface area contributed by atoms with Gasteiger partial charge in [0.2, 0.25) is 5.91 Å². The van der Waals surface area contributed by atoms with Gasteiger partial charge < -0.3 is 10.2 Å². The molecule has 1 aromatic heterocycles. The maximum absolute atomic E-state index is 11.4. The lowest BCUT2D eigenvalue weighted by molar-refractivity contribution is -0.118. The van der Waals surface area contributed by atoms with Gasteiger partial charge in [0.05, 0.1) is 5.52 Å². The molecule has 1 amide bonds. The third kappa shape index (κ3) is 2.25. The van der Waals surface area contributed by atoms with E-state index in [1.54, 1.807) is 24.3 Å². The lowest BCUT2D eigenvalue weighted by Gasteiger charge is -1.98. The highest BCUT2D eigenvalue weighted by atomic mass is 35.5. The molecule has 0 saturated carbocycles. The van der Waals surface area contributed by atoms with E-state index in [-0.39, 0.29) is 25.4 Å². The Balaban J connectivity index is 0.00000128. The van der Waals surface area contributed by atoms with Gasteiger partial charge in [-0.3, -0.25) is 9.36 Å². The largest absolute Gasteiger partial charge is 0.419 e. The molecule has 5 nitrogen and oxygen atoms in total. The minimum Gasteiger partial charge on any atom is -0.408 e. The van der Waals surface area contributed by atoms with Crippen LogP contribution in [-0.4, -0.2) is 10.5 Å². The van der Waals surface area contributed by atoms with Gasteiger partial charge >= 0.3 is 5.76 Å². The van der Waals surface area contributed by atoms with E-state index < -0.39 is 11.7 Å². The number of hydrogen-bond donors (Lipinski definition) is 1. The van der Waals surface area contributed by atoms with Crippen molar-refractivity contribution in [3.05, 3.63) is 34.8 Å². The van der Waals surface area contributed by atoms with E-state index in [0.717, 1.165) is 0 Å². The summed E-state index contributed by atoms with van der Waals surface area (Å²) >= 11 is 0. The van der Waals surface area contributed by atoms with E-state index in [9.17, 15) is 9.59 Å². The molecule has 1 heterocycles. The molecule has 0 spiro atoms. The summed E-state index contributed by atoms with van der Waals surface area (Å²) < 4.78 is 6.39. The Morgan fingerprint density at radius 2 is 2.06 bits per heavy atom. The van der Waals surface area contributed by atoms with Crippen molar-refractivity contribution >= 4 is 29.4 Å². The number of oxazole rings is 1.